The topological polar surface area (TPSA) is 29.5 Å². The highest BCUT2D eigenvalue weighted by Gasteiger charge is 2.28. The lowest BCUT2D eigenvalue weighted by molar-refractivity contribution is -0.137. The van der Waals surface area contributed by atoms with E-state index in [1.165, 1.54) is 0 Å². The normalized spacial score (nSPS) is 27.8. The van der Waals surface area contributed by atoms with Crippen molar-refractivity contribution in [2.45, 2.75) is 25.9 Å². The van der Waals surface area contributed by atoms with Crippen LogP contribution in [0.2, 0.25) is 0 Å². The number of nitrogens with zero attached hydrogens (tertiary/aromatic N) is 1. The summed E-state index contributed by atoms with van der Waals surface area (Å²) in [4.78, 5) is 13.3. The quantitative estimate of drug-likeness (QED) is 0.493. The zero-order chi connectivity index (χ0) is 9.84. The smallest absolute Gasteiger partial charge is 0.299 e. The number of hydrogen-bond donors (Lipinski definition) is 0. The summed E-state index contributed by atoms with van der Waals surface area (Å²) in [5.41, 5.74) is 0. The molecule has 72 valence electrons. The third-order valence-corrected chi connectivity index (χ3v) is 2.33. The fourth-order valence-corrected chi connectivity index (χ4v) is 1.74. The molecule has 0 aromatic carbocycles. The minimum atomic E-state index is -0.0994. The highest BCUT2D eigenvalue weighted by atomic mass is 127. The van der Waals surface area contributed by atoms with E-state index in [1.807, 2.05) is 36.4 Å². The van der Waals surface area contributed by atoms with Gasteiger partial charge < -0.3 is 9.64 Å². The molecule has 2 unspecified atom stereocenters. The Bertz CT molecular complexity index is 246. The standard InChI is InChI=1S/C9H12INO2/c1-7-5-13-6-8(2)11(7)9(12)3-4-10/h7-8H,5-6H2,1-2H3. The minimum absolute atomic E-state index is 0.0994. The van der Waals surface area contributed by atoms with Gasteiger partial charge in [0.15, 0.2) is 0 Å². The molecule has 0 saturated carbocycles. The van der Waals surface area contributed by atoms with Crippen LogP contribution in [0, 0.1) is 9.85 Å². The number of hydrogen-bond acceptors (Lipinski definition) is 2. The molecule has 3 nitrogen and oxygen atoms in total. The molecule has 0 bridgehead atoms. The lowest BCUT2D eigenvalue weighted by atomic mass is 10.2. The molecule has 1 fully saturated rings. The number of ether oxygens (including phenoxy) is 1. The second kappa shape index (κ2) is 4.82. The van der Waals surface area contributed by atoms with E-state index in [0.29, 0.717) is 13.2 Å². The molecule has 1 saturated heterocycles. The lowest BCUT2D eigenvalue weighted by Gasteiger charge is -2.37. The maximum atomic E-state index is 11.5. The van der Waals surface area contributed by atoms with Crippen LogP contribution in [0.25, 0.3) is 0 Å². The van der Waals surface area contributed by atoms with Crippen LogP contribution < -0.4 is 0 Å². The number of carbonyl (C=O) groups excluding carboxylic acids is 1. The van der Waals surface area contributed by atoms with Crippen LogP contribution in [0.3, 0.4) is 0 Å². The van der Waals surface area contributed by atoms with Crippen molar-refractivity contribution in [3.63, 3.8) is 0 Å². The number of halogens is 1. The molecule has 1 aliphatic rings. The van der Waals surface area contributed by atoms with E-state index in [-0.39, 0.29) is 18.0 Å². The van der Waals surface area contributed by atoms with Gasteiger partial charge in [-0.3, -0.25) is 4.79 Å². The van der Waals surface area contributed by atoms with Gasteiger partial charge in [0.1, 0.15) is 0 Å². The third kappa shape index (κ3) is 2.58. The number of carbonyl (C=O) groups is 1. The molecule has 0 aromatic heterocycles. The van der Waals surface area contributed by atoms with E-state index in [4.69, 9.17) is 4.74 Å². The summed E-state index contributed by atoms with van der Waals surface area (Å²) in [6, 6.07) is 0.266. The minimum Gasteiger partial charge on any atom is -0.377 e. The van der Waals surface area contributed by atoms with Crippen molar-refractivity contribution in [2.75, 3.05) is 13.2 Å². The number of morpholine rings is 1. The van der Waals surface area contributed by atoms with Gasteiger partial charge in [0, 0.05) is 28.5 Å². The molecule has 0 spiro atoms. The van der Waals surface area contributed by atoms with Crippen LogP contribution >= 0.6 is 22.6 Å². The van der Waals surface area contributed by atoms with Gasteiger partial charge in [0.05, 0.1) is 25.3 Å². The fraction of sp³-hybridized carbons (Fsp3) is 0.667. The molecule has 2 atom stereocenters. The fourth-order valence-electron chi connectivity index (χ4n) is 1.51. The molecule has 13 heavy (non-hydrogen) atoms. The molecule has 0 aromatic rings. The Labute approximate surface area is 91.9 Å². The van der Waals surface area contributed by atoms with Gasteiger partial charge in [-0.2, -0.15) is 0 Å². The first kappa shape index (κ1) is 10.8. The van der Waals surface area contributed by atoms with Crippen LogP contribution in [0.1, 0.15) is 13.8 Å². The van der Waals surface area contributed by atoms with Crippen molar-refractivity contribution in [2.24, 2.45) is 0 Å². The van der Waals surface area contributed by atoms with Crippen LogP contribution in [0.15, 0.2) is 0 Å². The Morgan fingerprint density at radius 2 is 2.00 bits per heavy atom. The van der Waals surface area contributed by atoms with Crippen LogP contribution in [0.4, 0.5) is 0 Å². The first-order valence-electron chi connectivity index (χ1n) is 4.18. The van der Waals surface area contributed by atoms with Gasteiger partial charge in [0.25, 0.3) is 5.91 Å². The van der Waals surface area contributed by atoms with Gasteiger partial charge >= 0.3 is 0 Å². The van der Waals surface area contributed by atoms with Crippen molar-refractivity contribution in [3.05, 3.63) is 0 Å². The molecular weight excluding hydrogens is 281 g/mol. The van der Waals surface area contributed by atoms with E-state index in [9.17, 15) is 4.79 Å². The Kier molecular flexibility index (Phi) is 4.00. The molecule has 4 heteroatoms. The van der Waals surface area contributed by atoms with Gasteiger partial charge in [-0.25, -0.2) is 0 Å². The molecule has 1 rings (SSSR count). The summed E-state index contributed by atoms with van der Waals surface area (Å²) in [7, 11) is 0. The number of amides is 1. The summed E-state index contributed by atoms with van der Waals surface area (Å²) < 4.78 is 7.90. The first-order chi connectivity index (χ1) is 6.16. The van der Waals surface area contributed by atoms with E-state index in [1.54, 1.807) is 4.90 Å². The van der Waals surface area contributed by atoms with Gasteiger partial charge in [0.2, 0.25) is 0 Å². The molecule has 1 amide bonds. The zero-order valence-corrected chi connectivity index (χ0v) is 9.87. The monoisotopic (exact) mass is 293 g/mol. The SMILES string of the molecule is CC1COCC(C)N1C(=O)C#CI. The predicted octanol–water partition coefficient (Wildman–Crippen LogP) is 1.02. The van der Waals surface area contributed by atoms with E-state index in [2.05, 4.69) is 9.85 Å². The Hall–Kier alpha value is -0.280. The lowest BCUT2D eigenvalue weighted by Crippen LogP contribution is -2.52. The maximum Gasteiger partial charge on any atom is 0.299 e. The van der Waals surface area contributed by atoms with Gasteiger partial charge in [-0.15, -0.1) is 0 Å². The predicted molar refractivity (Wildman–Crippen MR) is 58.4 cm³/mol. The van der Waals surface area contributed by atoms with Crippen LogP contribution in [0.5, 0.6) is 0 Å². The van der Waals surface area contributed by atoms with Crippen molar-refractivity contribution in [1.29, 1.82) is 0 Å². The van der Waals surface area contributed by atoms with Crippen molar-refractivity contribution in [1.82, 2.24) is 4.90 Å². The molecule has 0 radical (unpaired) electrons. The van der Waals surface area contributed by atoms with Crippen molar-refractivity contribution in [3.8, 4) is 9.85 Å². The Balaban J connectivity index is 2.71. The van der Waals surface area contributed by atoms with Crippen LogP contribution in [-0.2, 0) is 9.53 Å². The maximum absolute atomic E-state index is 11.5. The number of rotatable bonds is 0. The second-order valence-corrected chi connectivity index (χ2v) is 3.71. The summed E-state index contributed by atoms with van der Waals surface area (Å²) in [5, 5.41) is 0. The summed E-state index contributed by atoms with van der Waals surface area (Å²) in [6.07, 6.45) is 0. The highest BCUT2D eigenvalue weighted by Crippen LogP contribution is 2.12. The molecular formula is C9H12INO2. The third-order valence-electron chi connectivity index (χ3n) is 2.06. The molecule has 1 aliphatic heterocycles. The Morgan fingerprint density at radius 3 is 2.46 bits per heavy atom. The summed E-state index contributed by atoms with van der Waals surface area (Å²) in [5.74, 6) is 2.44. The second-order valence-electron chi connectivity index (χ2n) is 3.17. The molecule has 0 aliphatic carbocycles. The zero-order valence-electron chi connectivity index (χ0n) is 7.71. The van der Waals surface area contributed by atoms with Crippen molar-refractivity contribution >= 4 is 28.5 Å². The van der Waals surface area contributed by atoms with Gasteiger partial charge in [-0.1, -0.05) is 0 Å². The summed E-state index contributed by atoms with van der Waals surface area (Å²) in [6.45, 7) is 5.17. The molecule has 1 heterocycles. The average Bonchev–Trinajstić information content (AvgIpc) is 2.04. The average molecular weight is 293 g/mol. The van der Waals surface area contributed by atoms with Crippen LogP contribution in [-0.4, -0.2) is 36.1 Å². The van der Waals surface area contributed by atoms with Gasteiger partial charge in [-0.05, 0) is 17.8 Å². The highest BCUT2D eigenvalue weighted by molar-refractivity contribution is 14.1. The molecule has 0 N–H and O–H groups in total. The van der Waals surface area contributed by atoms with E-state index in [0.717, 1.165) is 0 Å². The Morgan fingerprint density at radius 1 is 1.46 bits per heavy atom. The summed E-state index contributed by atoms with van der Waals surface area (Å²) >= 11 is 1.87. The largest absolute Gasteiger partial charge is 0.377 e. The van der Waals surface area contributed by atoms with E-state index < -0.39 is 0 Å². The van der Waals surface area contributed by atoms with E-state index >= 15 is 0 Å². The van der Waals surface area contributed by atoms with Crippen molar-refractivity contribution < 1.29 is 9.53 Å². The first-order valence-corrected chi connectivity index (χ1v) is 5.26.